The van der Waals surface area contributed by atoms with Crippen LogP contribution in [0.15, 0.2) is 41.6 Å². The van der Waals surface area contributed by atoms with Crippen LogP contribution in [-0.4, -0.2) is 12.4 Å². The zero-order valence-corrected chi connectivity index (χ0v) is 11.4. The molecule has 2 nitrogen and oxygen atoms in total. The van der Waals surface area contributed by atoms with Crippen molar-refractivity contribution in [1.29, 1.82) is 5.26 Å². The average Bonchev–Trinajstić information content (AvgIpc) is 2.27. The van der Waals surface area contributed by atoms with Crippen molar-refractivity contribution in [2.45, 2.75) is 39.3 Å². The van der Waals surface area contributed by atoms with E-state index in [2.05, 4.69) is 37.1 Å². The highest BCUT2D eigenvalue weighted by atomic mass is 14.7. The minimum atomic E-state index is 0.203. The van der Waals surface area contributed by atoms with Crippen molar-refractivity contribution in [2.75, 3.05) is 0 Å². The van der Waals surface area contributed by atoms with Crippen LogP contribution >= 0.6 is 0 Å². The van der Waals surface area contributed by atoms with Crippen molar-refractivity contribution < 1.29 is 0 Å². The number of nitriles is 1. The molecule has 0 atom stereocenters. The molecule has 0 unspecified atom stereocenters. The fraction of sp³-hybridized carbons (Fsp3) is 0.467. The summed E-state index contributed by atoms with van der Waals surface area (Å²) in [5, 5.41) is 8.80. The van der Waals surface area contributed by atoms with E-state index in [4.69, 9.17) is 5.26 Å². The molecule has 0 N–H and O–H groups in total. The van der Waals surface area contributed by atoms with E-state index in [1.54, 1.807) is 0 Å². The van der Waals surface area contributed by atoms with Gasteiger partial charge in [-0.2, -0.15) is 0 Å². The van der Waals surface area contributed by atoms with Gasteiger partial charge in [0.25, 0.3) is 6.71 Å². The molecule has 0 amide bonds. The molecule has 94 valence electrons. The lowest BCUT2D eigenvalue weighted by Gasteiger charge is -2.30. The van der Waals surface area contributed by atoms with Gasteiger partial charge in [0.1, 0.15) is 0 Å². The first kappa shape index (κ1) is 14.5. The van der Waals surface area contributed by atoms with Crippen molar-refractivity contribution >= 4 is 12.4 Å². The SMILES string of the molecule is C=C(C)C(=N/C=C\CCC)C(=C)C1CB(C#N)C1. The third-order valence-corrected chi connectivity index (χ3v) is 3.29. The molecular weight excluding hydrogens is 219 g/mol. The molecule has 0 saturated carbocycles. The summed E-state index contributed by atoms with van der Waals surface area (Å²) in [4.78, 5) is 4.47. The van der Waals surface area contributed by atoms with E-state index in [-0.39, 0.29) is 6.71 Å². The lowest BCUT2D eigenvalue weighted by atomic mass is 9.32. The Morgan fingerprint density at radius 3 is 2.67 bits per heavy atom. The van der Waals surface area contributed by atoms with Gasteiger partial charge in [-0.15, -0.1) is 0 Å². The molecule has 3 heteroatoms. The Hall–Kier alpha value is -1.56. The van der Waals surface area contributed by atoms with E-state index in [9.17, 15) is 0 Å². The van der Waals surface area contributed by atoms with Crippen LogP contribution in [0.2, 0.25) is 12.6 Å². The number of aliphatic imine (C=N–C) groups is 1. The van der Waals surface area contributed by atoms with Crippen molar-refractivity contribution in [2.24, 2.45) is 10.9 Å². The molecule has 1 saturated heterocycles. The molecule has 0 aromatic carbocycles. The molecule has 1 rings (SSSR count). The fourth-order valence-corrected chi connectivity index (χ4v) is 2.04. The van der Waals surface area contributed by atoms with E-state index in [0.29, 0.717) is 5.92 Å². The quantitative estimate of drug-likeness (QED) is 0.509. The summed E-state index contributed by atoms with van der Waals surface area (Å²) >= 11 is 0. The maximum atomic E-state index is 8.80. The Kier molecular flexibility index (Phi) is 5.65. The molecule has 0 aliphatic carbocycles. The molecule has 0 bridgehead atoms. The van der Waals surface area contributed by atoms with Gasteiger partial charge in [0.05, 0.1) is 5.71 Å². The zero-order valence-electron chi connectivity index (χ0n) is 11.4. The summed E-state index contributed by atoms with van der Waals surface area (Å²) in [6.45, 7) is 12.4. The van der Waals surface area contributed by atoms with Crippen LogP contribution in [0, 0.1) is 17.1 Å². The Labute approximate surface area is 111 Å². The second-order valence-corrected chi connectivity index (χ2v) is 4.95. The van der Waals surface area contributed by atoms with E-state index >= 15 is 0 Å². The number of allylic oxidation sites excluding steroid dienone is 3. The first-order chi connectivity index (χ1) is 8.60. The van der Waals surface area contributed by atoms with Crippen molar-refractivity contribution in [3.63, 3.8) is 0 Å². The largest absolute Gasteiger partial charge is 0.269 e. The predicted octanol–water partition coefficient (Wildman–Crippen LogP) is 4.06. The van der Waals surface area contributed by atoms with Gasteiger partial charge in [0.2, 0.25) is 0 Å². The van der Waals surface area contributed by atoms with Gasteiger partial charge in [-0.1, -0.05) is 45.2 Å². The van der Waals surface area contributed by atoms with Crippen LogP contribution in [-0.2, 0) is 0 Å². The van der Waals surface area contributed by atoms with E-state index in [1.807, 2.05) is 13.1 Å². The molecule has 18 heavy (non-hydrogen) atoms. The summed E-state index contributed by atoms with van der Waals surface area (Å²) < 4.78 is 0. The molecule has 0 spiro atoms. The molecule has 1 aliphatic heterocycles. The summed E-state index contributed by atoms with van der Waals surface area (Å²) in [5.41, 5.74) is 2.89. The normalized spacial score (nSPS) is 16.5. The Morgan fingerprint density at radius 1 is 1.50 bits per heavy atom. The van der Waals surface area contributed by atoms with Crippen molar-refractivity contribution in [3.8, 4) is 5.97 Å². The zero-order chi connectivity index (χ0) is 13.5. The Balaban J connectivity index is 2.66. The topological polar surface area (TPSA) is 36.1 Å². The molecule has 0 aromatic rings. The highest BCUT2D eigenvalue weighted by Gasteiger charge is 2.35. The average molecular weight is 240 g/mol. The second-order valence-electron chi connectivity index (χ2n) is 4.95. The Bertz CT molecular complexity index is 420. The Morgan fingerprint density at radius 2 is 2.17 bits per heavy atom. The van der Waals surface area contributed by atoms with Crippen LogP contribution in [0.1, 0.15) is 26.7 Å². The second kappa shape index (κ2) is 7.01. The number of nitrogens with zero attached hydrogens (tertiary/aromatic N) is 2. The molecule has 0 aromatic heterocycles. The lowest BCUT2D eigenvalue weighted by molar-refractivity contribution is 0.716. The first-order valence-electron chi connectivity index (χ1n) is 6.57. The number of hydrogen-bond donors (Lipinski definition) is 0. The summed E-state index contributed by atoms with van der Waals surface area (Å²) in [6.07, 6.45) is 7.91. The monoisotopic (exact) mass is 240 g/mol. The van der Waals surface area contributed by atoms with Crippen molar-refractivity contribution in [1.82, 2.24) is 0 Å². The van der Waals surface area contributed by atoms with Gasteiger partial charge in [-0.25, -0.2) is 5.26 Å². The van der Waals surface area contributed by atoms with E-state index < -0.39 is 0 Å². The summed E-state index contributed by atoms with van der Waals surface area (Å²) in [6, 6.07) is 0. The van der Waals surface area contributed by atoms with Gasteiger partial charge < -0.3 is 0 Å². The standard InChI is InChI=1S/C15H21BN2/c1-5-6-7-8-18-15(12(2)3)13(4)14-9-16(10-14)11-17/h7-8,14H,2,4-6,9-10H2,1,3H3/b8-7-,18-15?. The molecule has 1 heterocycles. The van der Waals surface area contributed by atoms with Gasteiger partial charge in [-0.05, 0) is 30.4 Å². The number of unbranched alkanes of at least 4 members (excludes halogenated alkanes) is 1. The minimum Gasteiger partial charge on any atom is -0.257 e. The van der Waals surface area contributed by atoms with Crippen molar-refractivity contribution in [3.05, 3.63) is 36.6 Å². The van der Waals surface area contributed by atoms with Gasteiger partial charge >= 0.3 is 0 Å². The van der Waals surface area contributed by atoms with Crippen LogP contribution < -0.4 is 0 Å². The highest BCUT2D eigenvalue weighted by molar-refractivity contribution is 6.70. The number of rotatable bonds is 6. The summed E-state index contributed by atoms with van der Waals surface area (Å²) in [7, 11) is 0. The third-order valence-electron chi connectivity index (χ3n) is 3.29. The predicted molar refractivity (Wildman–Crippen MR) is 79.9 cm³/mol. The maximum Gasteiger partial charge on any atom is 0.269 e. The third kappa shape index (κ3) is 3.73. The summed E-state index contributed by atoms with van der Waals surface area (Å²) in [5.74, 6) is 2.70. The van der Waals surface area contributed by atoms with Crippen LogP contribution in [0.25, 0.3) is 0 Å². The highest BCUT2D eigenvalue weighted by Crippen LogP contribution is 2.35. The molecule has 1 aliphatic rings. The smallest absolute Gasteiger partial charge is 0.257 e. The van der Waals surface area contributed by atoms with Crippen LogP contribution in [0.3, 0.4) is 0 Å². The first-order valence-corrected chi connectivity index (χ1v) is 6.57. The van der Waals surface area contributed by atoms with Gasteiger partial charge in [0.15, 0.2) is 0 Å². The van der Waals surface area contributed by atoms with Gasteiger partial charge in [0, 0.05) is 12.2 Å². The van der Waals surface area contributed by atoms with Gasteiger partial charge in [-0.3, -0.25) is 4.99 Å². The van der Waals surface area contributed by atoms with Crippen LogP contribution in [0.5, 0.6) is 0 Å². The molecule has 1 fully saturated rings. The maximum absolute atomic E-state index is 8.80. The fourth-order valence-electron chi connectivity index (χ4n) is 2.04. The number of hydrogen-bond acceptors (Lipinski definition) is 2. The molecule has 0 radical (unpaired) electrons. The van der Waals surface area contributed by atoms with Crippen LogP contribution in [0.4, 0.5) is 0 Å². The van der Waals surface area contributed by atoms with E-state index in [1.165, 1.54) is 0 Å². The molecular formula is C15H21BN2. The lowest BCUT2D eigenvalue weighted by Crippen LogP contribution is -2.33. The minimum absolute atomic E-state index is 0.203. The van der Waals surface area contributed by atoms with E-state index in [0.717, 1.165) is 42.3 Å².